The van der Waals surface area contributed by atoms with E-state index in [1.165, 1.54) is 39.0 Å². The molecule has 3 aromatic carbocycles. The van der Waals surface area contributed by atoms with Crippen LogP contribution >= 0.6 is 0 Å². The molecule has 0 aliphatic heterocycles. The lowest BCUT2D eigenvalue weighted by atomic mass is 9.79. The molecule has 0 aromatic heterocycles. The maximum absolute atomic E-state index is 2.27. The Morgan fingerprint density at radius 3 is 2.16 bits per heavy atom. The normalized spacial score (nSPS) is 14.0. The zero-order valence-corrected chi connectivity index (χ0v) is 14.6. The van der Waals surface area contributed by atoms with E-state index in [-0.39, 0.29) is 0 Å². The number of benzene rings is 3. The number of allylic oxidation sites excluding steroid dienone is 2. The van der Waals surface area contributed by atoms with Crippen molar-refractivity contribution in [2.75, 3.05) is 0 Å². The van der Waals surface area contributed by atoms with Crippen LogP contribution in [0.25, 0.3) is 17.2 Å². The number of hydrogen-bond acceptors (Lipinski definition) is 0. The number of aryl methyl sites for hydroxylation is 1. The minimum absolute atomic E-state index is 1.09. The molecule has 0 saturated heterocycles. The van der Waals surface area contributed by atoms with E-state index in [0.29, 0.717) is 0 Å². The van der Waals surface area contributed by atoms with E-state index in [0.717, 1.165) is 12.8 Å². The zero-order valence-electron chi connectivity index (χ0n) is 14.6. The quantitative estimate of drug-likeness (QED) is 0.508. The number of fused-ring (bicyclic) bond motifs is 1. The van der Waals surface area contributed by atoms with Crippen LogP contribution in [0.4, 0.5) is 0 Å². The summed E-state index contributed by atoms with van der Waals surface area (Å²) in [5.41, 5.74) is 9.57. The molecule has 0 N–H and O–H groups in total. The van der Waals surface area contributed by atoms with Crippen LogP contribution in [0.1, 0.15) is 41.2 Å². The van der Waals surface area contributed by atoms with Crippen LogP contribution < -0.4 is 0 Å². The second-order valence-electron chi connectivity index (χ2n) is 6.50. The van der Waals surface area contributed by atoms with E-state index in [1.807, 2.05) is 0 Å². The fourth-order valence-electron chi connectivity index (χ4n) is 3.74. The highest BCUT2D eigenvalue weighted by Gasteiger charge is 2.20. The van der Waals surface area contributed by atoms with Gasteiger partial charge in [-0.25, -0.2) is 0 Å². The average Bonchev–Trinajstić information content (AvgIpc) is 2.69. The van der Waals surface area contributed by atoms with Crippen molar-refractivity contribution < 1.29 is 0 Å². The van der Waals surface area contributed by atoms with Crippen LogP contribution in [0, 0.1) is 0 Å². The summed E-state index contributed by atoms with van der Waals surface area (Å²) in [7, 11) is 0. The van der Waals surface area contributed by atoms with Gasteiger partial charge in [0.15, 0.2) is 0 Å². The Kier molecular flexibility index (Phi) is 4.35. The molecule has 0 spiro atoms. The molecule has 25 heavy (non-hydrogen) atoms. The lowest BCUT2D eigenvalue weighted by Crippen LogP contribution is -2.06. The van der Waals surface area contributed by atoms with Crippen molar-refractivity contribution >= 4 is 17.2 Å². The first-order chi connectivity index (χ1) is 12.4. The molecule has 0 radical (unpaired) electrons. The largest absolute Gasteiger partial charge is 0.0871 e. The topological polar surface area (TPSA) is 0 Å². The summed E-state index contributed by atoms with van der Waals surface area (Å²) < 4.78 is 0. The number of hydrogen-bond donors (Lipinski definition) is 0. The Labute approximate surface area is 150 Å². The summed E-state index contributed by atoms with van der Waals surface area (Å²) in [6.07, 6.45) is 6.43. The first-order valence-corrected chi connectivity index (χ1v) is 8.97. The molecule has 0 heterocycles. The summed E-state index contributed by atoms with van der Waals surface area (Å²) in [6.45, 7) is 2.06. The summed E-state index contributed by atoms with van der Waals surface area (Å²) in [4.78, 5) is 0. The molecule has 122 valence electrons. The van der Waals surface area contributed by atoms with Crippen molar-refractivity contribution in [1.29, 1.82) is 0 Å². The Bertz CT molecular complexity index is 925. The number of rotatable bonds is 3. The third-order valence-corrected chi connectivity index (χ3v) is 4.91. The van der Waals surface area contributed by atoms with Crippen molar-refractivity contribution in [1.82, 2.24) is 0 Å². The van der Waals surface area contributed by atoms with Gasteiger partial charge in [-0.1, -0.05) is 91.0 Å². The SMILES string of the molecule is C/C=C/c1ccc(C2=C(c3ccccc3)CCc3ccccc32)cc1. The van der Waals surface area contributed by atoms with Crippen LogP contribution in [-0.2, 0) is 6.42 Å². The Hall–Kier alpha value is -2.86. The molecule has 1 aliphatic rings. The molecule has 0 bridgehead atoms. The molecule has 1 aliphatic carbocycles. The highest BCUT2D eigenvalue weighted by molar-refractivity contribution is 6.00. The van der Waals surface area contributed by atoms with Crippen molar-refractivity contribution in [3.8, 4) is 0 Å². The average molecular weight is 322 g/mol. The predicted octanol–water partition coefficient (Wildman–Crippen LogP) is 6.63. The molecule has 0 fully saturated rings. The van der Waals surface area contributed by atoms with Gasteiger partial charge in [0.1, 0.15) is 0 Å². The Morgan fingerprint density at radius 2 is 1.40 bits per heavy atom. The summed E-state index contributed by atoms with van der Waals surface area (Å²) in [5, 5.41) is 0. The first kappa shape index (κ1) is 15.7. The molecule has 3 aromatic rings. The van der Waals surface area contributed by atoms with Gasteiger partial charge in [0.25, 0.3) is 0 Å². The highest BCUT2D eigenvalue weighted by Crippen LogP contribution is 2.40. The van der Waals surface area contributed by atoms with E-state index < -0.39 is 0 Å². The second-order valence-corrected chi connectivity index (χ2v) is 6.50. The van der Waals surface area contributed by atoms with Crippen molar-refractivity contribution in [2.24, 2.45) is 0 Å². The molecule has 4 rings (SSSR count). The van der Waals surface area contributed by atoms with Crippen LogP contribution in [0.3, 0.4) is 0 Å². The van der Waals surface area contributed by atoms with Gasteiger partial charge >= 0.3 is 0 Å². The highest BCUT2D eigenvalue weighted by atomic mass is 14.2. The van der Waals surface area contributed by atoms with Gasteiger partial charge in [-0.3, -0.25) is 0 Å². The summed E-state index contributed by atoms with van der Waals surface area (Å²) in [5.74, 6) is 0. The Morgan fingerprint density at radius 1 is 0.680 bits per heavy atom. The summed E-state index contributed by atoms with van der Waals surface area (Å²) >= 11 is 0. The lowest BCUT2D eigenvalue weighted by molar-refractivity contribution is 0.993. The van der Waals surface area contributed by atoms with E-state index in [9.17, 15) is 0 Å². The molecule has 0 heteroatoms. The maximum Gasteiger partial charge on any atom is -0.00705 e. The van der Waals surface area contributed by atoms with Crippen molar-refractivity contribution in [3.05, 3.63) is 113 Å². The van der Waals surface area contributed by atoms with Crippen molar-refractivity contribution in [2.45, 2.75) is 19.8 Å². The van der Waals surface area contributed by atoms with Crippen LogP contribution in [0.15, 0.2) is 84.9 Å². The monoisotopic (exact) mass is 322 g/mol. The minimum atomic E-state index is 1.09. The first-order valence-electron chi connectivity index (χ1n) is 8.97. The van der Waals surface area contributed by atoms with E-state index in [2.05, 4.69) is 97.9 Å². The molecule has 0 nitrogen and oxygen atoms in total. The fraction of sp³-hybridized carbons (Fsp3) is 0.120. The van der Waals surface area contributed by atoms with Crippen molar-refractivity contribution in [3.63, 3.8) is 0 Å². The fourth-order valence-corrected chi connectivity index (χ4v) is 3.74. The smallest absolute Gasteiger partial charge is 0.00705 e. The lowest BCUT2D eigenvalue weighted by Gasteiger charge is -2.24. The van der Waals surface area contributed by atoms with Gasteiger partial charge < -0.3 is 0 Å². The van der Waals surface area contributed by atoms with Crippen LogP contribution in [0.5, 0.6) is 0 Å². The predicted molar refractivity (Wildman–Crippen MR) is 108 cm³/mol. The Balaban J connectivity index is 1.92. The molecular weight excluding hydrogens is 300 g/mol. The van der Waals surface area contributed by atoms with E-state index >= 15 is 0 Å². The van der Waals surface area contributed by atoms with Crippen LogP contribution in [0.2, 0.25) is 0 Å². The third kappa shape index (κ3) is 3.08. The maximum atomic E-state index is 2.27. The molecule has 0 amide bonds. The minimum Gasteiger partial charge on any atom is -0.0871 e. The standard InChI is InChI=1S/C25H22/c1-2-8-19-13-15-22(16-14-19)25-23-12-7-6-11-21(23)17-18-24(25)20-9-4-3-5-10-20/h2-16H,17-18H2,1H3/b8-2+. The molecule has 0 saturated carbocycles. The third-order valence-electron chi connectivity index (χ3n) is 4.91. The van der Waals surface area contributed by atoms with E-state index in [4.69, 9.17) is 0 Å². The second kappa shape index (κ2) is 6.94. The van der Waals surface area contributed by atoms with Gasteiger partial charge in [-0.2, -0.15) is 0 Å². The van der Waals surface area contributed by atoms with Crippen LogP contribution in [-0.4, -0.2) is 0 Å². The molecule has 0 unspecified atom stereocenters. The van der Waals surface area contributed by atoms with Gasteiger partial charge in [0, 0.05) is 0 Å². The van der Waals surface area contributed by atoms with Gasteiger partial charge in [0.05, 0.1) is 0 Å². The zero-order chi connectivity index (χ0) is 17.1. The molecular formula is C25H22. The van der Waals surface area contributed by atoms with Gasteiger partial charge in [-0.05, 0) is 58.7 Å². The van der Waals surface area contributed by atoms with E-state index in [1.54, 1.807) is 0 Å². The van der Waals surface area contributed by atoms with Gasteiger partial charge in [0.2, 0.25) is 0 Å². The van der Waals surface area contributed by atoms with Gasteiger partial charge in [-0.15, -0.1) is 0 Å². The molecule has 0 atom stereocenters. The summed E-state index contributed by atoms with van der Waals surface area (Å²) in [6, 6.07) is 28.6.